The minimum atomic E-state index is -0.442. The molecule has 0 aliphatic carbocycles. The molecular weight excluding hydrogens is 226 g/mol. The Morgan fingerprint density at radius 3 is 2.81 bits per heavy atom. The molecule has 1 aliphatic heterocycles. The largest absolute Gasteiger partial charge is 0.352 e. The number of carbonyl (C=O) groups is 2. The maximum absolute atomic E-state index is 11.2. The molecule has 0 saturated heterocycles. The topological polar surface area (TPSA) is 37.4 Å². The summed E-state index contributed by atoms with van der Waals surface area (Å²) < 4.78 is 0. The summed E-state index contributed by atoms with van der Waals surface area (Å²) >= 11 is 6.20. The third-order valence-corrected chi connectivity index (χ3v) is 3.23. The van der Waals surface area contributed by atoms with E-state index >= 15 is 0 Å². The molecule has 0 amide bonds. The molecule has 2 atom stereocenters. The lowest BCUT2D eigenvalue weighted by molar-refractivity contribution is -0.115. The first-order valence-electron chi connectivity index (χ1n) is 5.09. The summed E-state index contributed by atoms with van der Waals surface area (Å²) in [5.74, 6) is 0.0208. The van der Waals surface area contributed by atoms with Gasteiger partial charge in [0.2, 0.25) is 0 Å². The van der Waals surface area contributed by atoms with Crippen molar-refractivity contribution < 1.29 is 9.59 Å². The normalized spacial score (nSPS) is 23.0. The summed E-state index contributed by atoms with van der Waals surface area (Å²) in [5.41, 5.74) is 1.80. The molecule has 1 aromatic carbocycles. The lowest BCUT2D eigenvalue weighted by Crippen LogP contribution is -2.37. The average Bonchev–Trinajstić information content (AvgIpc) is 2.52. The molecule has 0 N–H and O–H groups in total. The number of aldehydes is 1. The fraction of sp³-hybridized carbons (Fsp3) is 0.333. The van der Waals surface area contributed by atoms with Gasteiger partial charge in [0.05, 0.1) is 11.9 Å². The molecule has 84 valence electrons. The van der Waals surface area contributed by atoms with Crippen LogP contribution in [0.1, 0.15) is 17.9 Å². The summed E-state index contributed by atoms with van der Waals surface area (Å²) in [4.78, 5) is 24.0. The van der Waals surface area contributed by atoms with Crippen molar-refractivity contribution in [2.24, 2.45) is 0 Å². The number of fused-ring (bicyclic) bond motifs is 1. The molecule has 0 fully saturated rings. The van der Waals surface area contributed by atoms with E-state index in [1.54, 1.807) is 4.90 Å². The highest BCUT2D eigenvalue weighted by Crippen LogP contribution is 2.42. The highest BCUT2D eigenvalue weighted by molar-refractivity contribution is 6.24. The van der Waals surface area contributed by atoms with Crippen LogP contribution in [0.2, 0.25) is 0 Å². The molecule has 1 aromatic rings. The molecule has 0 unspecified atom stereocenters. The van der Waals surface area contributed by atoms with Gasteiger partial charge in [0, 0.05) is 5.69 Å². The van der Waals surface area contributed by atoms with Crippen molar-refractivity contribution in [1.82, 2.24) is 0 Å². The first-order valence-corrected chi connectivity index (χ1v) is 5.53. The summed E-state index contributed by atoms with van der Waals surface area (Å²) in [7, 11) is 0. The summed E-state index contributed by atoms with van der Waals surface area (Å²) in [6.07, 6.45) is 0.806. The summed E-state index contributed by atoms with van der Waals surface area (Å²) in [6.45, 7) is 1.73. The lowest BCUT2D eigenvalue weighted by atomic mass is 10.1. The standard InChI is InChI=1S/C12H12ClNO2/c1-8(16)6-14-10-5-3-2-4-9(10)12(13)11(14)7-15/h2-5,7,11-12H,6H2,1H3/t11-,12+/m0/s1. The van der Waals surface area contributed by atoms with Crippen molar-refractivity contribution in [2.75, 3.05) is 11.4 Å². The lowest BCUT2D eigenvalue weighted by Gasteiger charge is -2.23. The number of para-hydroxylation sites is 1. The predicted octanol–water partition coefficient (Wildman–Crippen LogP) is 1.94. The molecule has 0 bridgehead atoms. The Kier molecular flexibility index (Phi) is 2.97. The van der Waals surface area contributed by atoms with E-state index in [0.29, 0.717) is 0 Å². The molecule has 0 saturated carbocycles. The third kappa shape index (κ3) is 1.71. The van der Waals surface area contributed by atoms with Gasteiger partial charge < -0.3 is 9.69 Å². The first kappa shape index (κ1) is 11.1. The van der Waals surface area contributed by atoms with Crippen molar-refractivity contribution >= 4 is 29.4 Å². The number of anilines is 1. The Balaban J connectivity index is 2.42. The van der Waals surface area contributed by atoms with Crippen molar-refractivity contribution in [3.63, 3.8) is 0 Å². The van der Waals surface area contributed by atoms with E-state index in [1.807, 2.05) is 24.3 Å². The van der Waals surface area contributed by atoms with Gasteiger partial charge in [-0.3, -0.25) is 4.79 Å². The van der Waals surface area contributed by atoms with Crippen LogP contribution < -0.4 is 4.90 Å². The number of ketones is 1. The number of halogens is 1. The van der Waals surface area contributed by atoms with E-state index in [9.17, 15) is 9.59 Å². The van der Waals surface area contributed by atoms with Gasteiger partial charge in [0.25, 0.3) is 0 Å². The number of Topliss-reactive ketones (excluding diaryl/α,β-unsaturated/α-hetero) is 1. The quantitative estimate of drug-likeness (QED) is 0.596. The molecule has 0 aromatic heterocycles. The second-order valence-corrected chi connectivity index (χ2v) is 4.39. The zero-order chi connectivity index (χ0) is 11.7. The number of nitrogens with zero attached hydrogens (tertiary/aromatic N) is 1. The van der Waals surface area contributed by atoms with Crippen molar-refractivity contribution in [3.8, 4) is 0 Å². The van der Waals surface area contributed by atoms with Crippen LogP contribution in [-0.2, 0) is 9.59 Å². The number of rotatable bonds is 3. The fourth-order valence-corrected chi connectivity index (χ4v) is 2.44. The molecule has 2 rings (SSSR count). The highest BCUT2D eigenvalue weighted by atomic mass is 35.5. The molecule has 16 heavy (non-hydrogen) atoms. The van der Waals surface area contributed by atoms with Gasteiger partial charge in [-0.05, 0) is 18.6 Å². The molecule has 0 radical (unpaired) electrons. The highest BCUT2D eigenvalue weighted by Gasteiger charge is 2.37. The zero-order valence-corrected chi connectivity index (χ0v) is 9.65. The van der Waals surface area contributed by atoms with Gasteiger partial charge in [-0.1, -0.05) is 18.2 Å². The van der Waals surface area contributed by atoms with Crippen LogP contribution in [-0.4, -0.2) is 24.7 Å². The monoisotopic (exact) mass is 237 g/mol. The third-order valence-electron chi connectivity index (χ3n) is 2.74. The smallest absolute Gasteiger partial charge is 0.149 e. The van der Waals surface area contributed by atoms with Crippen LogP contribution in [0.4, 0.5) is 5.69 Å². The first-order chi connectivity index (χ1) is 7.65. The van der Waals surface area contributed by atoms with Crippen molar-refractivity contribution in [1.29, 1.82) is 0 Å². The van der Waals surface area contributed by atoms with Crippen LogP contribution in [0, 0.1) is 0 Å². The van der Waals surface area contributed by atoms with Crippen LogP contribution in [0.25, 0.3) is 0 Å². The second-order valence-electron chi connectivity index (χ2n) is 3.92. The van der Waals surface area contributed by atoms with Gasteiger partial charge in [-0.2, -0.15) is 0 Å². The predicted molar refractivity (Wildman–Crippen MR) is 62.9 cm³/mol. The maximum atomic E-state index is 11.2. The van der Waals surface area contributed by atoms with Gasteiger partial charge in [-0.15, -0.1) is 11.6 Å². The van der Waals surface area contributed by atoms with Crippen molar-refractivity contribution in [3.05, 3.63) is 29.8 Å². The number of carbonyl (C=O) groups excluding carboxylic acids is 2. The van der Waals surface area contributed by atoms with Gasteiger partial charge in [0.1, 0.15) is 18.1 Å². The fourth-order valence-electron chi connectivity index (χ4n) is 2.06. The van der Waals surface area contributed by atoms with Gasteiger partial charge >= 0.3 is 0 Å². The molecule has 1 heterocycles. The zero-order valence-electron chi connectivity index (χ0n) is 8.89. The second kappa shape index (κ2) is 4.26. The molecular formula is C12H12ClNO2. The van der Waals surface area contributed by atoms with Crippen LogP contribution in [0.15, 0.2) is 24.3 Å². The Morgan fingerprint density at radius 1 is 1.50 bits per heavy atom. The maximum Gasteiger partial charge on any atom is 0.149 e. The molecule has 1 aliphatic rings. The SMILES string of the molecule is CC(=O)CN1c2ccccc2[C@@H](Cl)[C@@H]1C=O. The summed E-state index contributed by atoms with van der Waals surface area (Å²) in [5, 5.41) is -0.368. The van der Waals surface area contributed by atoms with Gasteiger partial charge in [0.15, 0.2) is 0 Å². The van der Waals surface area contributed by atoms with E-state index in [0.717, 1.165) is 17.5 Å². The van der Waals surface area contributed by atoms with E-state index in [-0.39, 0.29) is 17.7 Å². The number of hydrogen-bond acceptors (Lipinski definition) is 3. The Bertz CT molecular complexity index is 433. The molecule has 3 nitrogen and oxygen atoms in total. The average molecular weight is 238 g/mol. The van der Waals surface area contributed by atoms with E-state index in [4.69, 9.17) is 11.6 Å². The minimum Gasteiger partial charge on any atom is -0.352 e. The number of hydrogen-bond donors (Lipinski definition) is 0. The Hall–Kier alpha value is -1.35. The van der Waals surface area contributed by atoms with Crippen LogP contribution >= 0.6 is 11.6 Å². The summed E-state index contributed by atoms with van der Waals surface area (Å²) in [6, 6.07) is 7.10. The number of benzene rings is 1. The molecule has 4 heteroatoms. The van der Waals surface area contributed by atoms with E-state index in [1.165, 1.54) is 6.92 Å². The van der Waals surface area contributed by atoms with Gasteiger partial charge in [-0.25, -0.2) is 0 Å². The van der Waals surface area contributed by atoms with Crippen molar-refractivity contribution in [2.45, 2.75) is 18.3 Å². The number of alkyl halides is 1. The van der Waals surface area contributed by atoms with Crippen LogP contribution in [0.3, 0.4) is 0 Å². The Labute approximate surface area is 99.0 Å². The van der Waals surface area contributed by atoms with Crippen LogP contribution in [0.5, 0.6) is 0 Å². The molecule has 0 spiro atoms. The van der Waals surface area contributed by atoms with E-state index < -0.39 is 6.04 Å². The Morgan fingerprint density at radius 2 is 2.19 bits per heavy atom. The minimum absolute atomic E-state index is 0.0208. The van der Waals surface area contributed by atoms with E-state index in [2.05, 4.69) is 0 Å².